The molecule has 2 aromatic carbocycles. The van der Waals surface area contributed by atoms with Crippen LogP contribution in [0.4, 0.5) is 0 Å². The van der Waals surface area contributed by atoms with E-state index < -0.39 is 0 Å². The number of aryl methyl sites for hydroxylation is 1. The van der Waals surface area contributed by atoms with Gasteiger partial charge in [-0.15, -0.1) is 5.10 Å². The maximum atomic E-state index is 11.0. The minimum atomic E-state index is -0.111. The lowest BCUT2D eigenvalue weighted by Gasteiger charge is -2.35. The molecule has 29 heavy (non-hydrogen) atoms. The Kier molecular flexibility index (Phi) is 4.78. The molecule has 7 heteroatoms. The zero-order chi connectivity index (χ0) is 20.0. The first kappa shape index (κ1) is 18.6. The molecular weight excluding hydrogens is 404 g/mol. The van der Waals surface area contributed by atoms with Gasteiger partial charge in [-0.1, -0.05) is 66.3 Å². The molecule has 1 aliphatic rings. The van der Waals surface area contributed by atoms with E-state index >= 15 is 0 Å². The first-order valence-electron chi connectivity index (χ1n) is 9.77. The lowest BCUT2D eigenvalue weighted by Crippen LogP contribution is -2.34. The summed E-state index contributed by atoms with van der Waals surface area (Å²) >= 11 is 7.82. The minimum Gasteiger partial charge on any atom is -0.492 e. The molecule has 148 valence electrons. The summed E-state index contributed by atoms with van der Waals surface area (Å²) in [6.07, 6.45) is 1.72. The lowest BCUT2D eigenvalue weighted by atomic mass is 9.96. The molecule has 2 aromatic heterocycles. The van der Waals surface area contributed by atoms with Crippen LogP contribution in [-0.2, 0) is 19.4 Å². The quantitative estimate of drug-likeness (QED) is 0.508. The second kappa shape index (κ2) is 7.44. The predicted octanol–water partition coefficient (Wildman–Crippen LogP) is 4.86. The van der Waals surface area contributed by atoms with Crippen molar-refractivity contribution in [3.05, 3.63) is 80.9 Å². The third-order valence-electron chi connectivity index (χ3n) is 5.50. The third-order valence-corrected chi connectivity index (χ3v) is 6.81. The van der Waals surface area contributed by atoms with E-state index in [1.807, 2.05) is 25.1 Å². The first-order chi connectivity index (χ1) is 14.1. The Morgan fingerprint density at radius 3 is 2.76 bits per heavy atom. The topological polar surface area (TPSA) is 53.7 Å². The van der Waals surface area contributed by atoms with Crippen LogP contribution >= 0.6 is 22.9 Å². The Balaban J connectivity index is 1.62. The van der Waals surface area contributed by atoms with Gasteiger partial charge in [0.2, 0.25) is 10.8 Å². The molecule has 0 spiro atoms. The van der Waals surface area contributed by atoms with Crippen LogP contribution in [0.1, 0.15) is 40.4 Å². The van der Waals surface area contributed by atoms with Crippen LogP contribution in [0.25, 0.3) is 4.96 Å². The second-order valence-electron chi connectivity index (χ2n) is 7.31. The average Bonchev–Trinajstić information content (AvgIpc) is 3.27. The molecule has 1 aliphatic heterocycles. The second-order valence-corrected chi connectivity index (χ2v) is 8.76. The molecule has 0 radical (unpaired) electrons. The monoisotopic (exact) mass is 424 g/mol. The summed E-state index contributed by atoms with van der Waals surface area (Å²) < 4.78 is 1.56. The van der Waals surface area contributed by atoms with Gasteiger partial charge in [0.25, 0.3) is 0 Å². The molecule has 1 N–H and O–H groups in total. The molecule has 0 saturated heterocycles. The van der Waals surface area contributed by atoms with Crippen molar-refractivity contribution in [2.75, 3.05) is 6.54 Å². The number of thiazole rings is 1. The maximum absolute atomic E-state index is 11.0. The van der Waals surface area contributed by atoms with Gasteiger partial charge in [0.15, 0.2) is 5.82 Å². The van der Waals surface area contributed by atoms with Crippen LogP contribution in [0, 0.1) is 0 Å². The highest BCUT2D eigenvalue weighted by Crippen LogP contribution is 2.42. The largest absolute Gasteiger partial charge is 0.492 e. The summed E-state index contributed by atoms with van der Waals surface area (Å²) in [5.74, 6) is 0.908. The Morgan fingerprint density at radius 1 is 1.17 bits per heavy atom. The van der Waals surface area contributed by atoms with Crippen LogP contribution < -0.4 is 0 Å². The van der Waals surface area contributed by atoms with Crippen LogP contribution in [0.3, 0.4) is 0 Å². The maximum Gasteiger partial charge on any atom is 0.230 e. The van der Waals surface area contributed by atoms with E-state index in [2.05, 4.69) is 45.3 Å². The molecular formula is C22H21ClN4OS. The van der Waals surface area contributed by atoms with Crippen molar-refractivity contribution in [2.24, 2.45) is 0 Å². The number of benzene rings is 2. The Bertz CT molecular complexity index is 1180. The van der Waals surface area contributed by atoms with E-state index in [4.69, 9.17) is 11.6 Å². The number of aromatic nitrogens is 3. The van der Waals surface area contributed by atoms with Gasteiger partial charge in [0, 0.05) is 24.5 Å². The standard InChI is InChI=1S/C22H21ClN4OS/c1-2-18-24-22-27(25-18)21(28)20(29-22)19(15-8-5-9-17(23)12-15)26-11-10-14-6-3-4-7-16(14)13-26/h3-9,12,19,28H,2,10-11,13H2,1H3. The summed E-state index contributed by atoms with van der Waals surface area (Å²) in [5.41, 5.74) is 3.79. The number of rotatable bonds is 4. The highest BCUT2D eigenvalue weighted by molar-refractivity contribution is 7.17. The molecule has 0 fully saturated rings. The molecule has 5 rings (SSSR count). The fraction of sp³-hybridized carbons (Fsp3) is 0.273. The van der Waals surface area contributed by atoms with Gasteiger partial charge in [0.1, 0.15) is 0 Å². The van der Waals surface area contributed by atoms with Gasteiger partial charge in [-0.05, 0) is 35.2 Å². The van der Waals surface area contributed by atoms with E-state index in [0.717, 1.165) is 47.2 Å². The molecule has 0 amide bonds. The van der Waals surface area contributed by atoms with Crippen LogP contribution in [0.5, 0.6) is 5.88 Å². The molecule has 3 heterocycles. The van der Waals surface area contributed by atoms with Crippen molar-refractivity contribution in [1.29, 1.82) is 0 Å². The van der Waals surface area contributed by atoms with E-state index in [1.54, 1.807) is 4.52 Å². The first-order valence-corrected chi connectivity index (χ1v) is 11.0. The molecule has 0 saturated carbocycles. The van der Waals surface area contributed by atoms with E-state index in [-0.39, 0.29) is 11.9 Å². The van der Waals surface area contributed by atoms with Crippen molar-refractivity contribution in [3.8, 4) is 5.88 Å². The van der Waals surface area contributed by atoms with Crippen molar-refractivity contribution >= 4 is 27.9 Å². The van der Waals surface area contributed by atoms with E-state index in [9.17, 15) is 5.11 Å². The Morgan fingerprint density at radius 2 is 2.00 bits per heavy atom. The van der Waals surface area contributed by atoms with Crippen molar-refractivity contribution in [2.45, 2.75) is 32.4 Å². The Labute approximate surface area is 178 Å². The van der Waals surface area contributed by atoms with Gasteiger partial charge in [0.05, 0.1) is 10.9 Å². The van der Waals surface area contributed by atoms with Gasteiger partial charge >= 0.3 is 0 Å². The Hall–Kier alpha value is -2.41. The molecule has 0 aliphatic carbocycles. The number of hydrogen-bond donors (Lipinski definition) is 1. The normalized spacial score (nSPS) is 15.5. The van der Waals surface area contributed by atoms with Gasteiger partial charge in [-0.25, -0.2) is 4.98 Å². The fourth-order valence-corrected chi connectivity index (χ4v) is 5.40. The van der Waals surface area contributed by atoms with Gasteiger partial charge < -0.3 is 5.11 Å². The predicted molar refractivity (Wildman–Crippen MR) is 116 cm³/mol. The highest BCUT2D eigenvalue weighted by atomic mass is 35.5. The summed E-state index contributed by atoms with van der Waals surface area (Å²) in [4.78, 5) is 8.53. The number of nitrogens with zero attached hydrogens (tertiary/aromatic N) is 4. The van der Waals surface area contributed by atoms with Crippen LogP contribution in [0.2, 0.25) is 5.02 Å². The summed E-state index contributed by atoms with van der Waals surface area (Å²) in [5, 5.41) is 16.2. The minimum absolute atomic E-state index is 0.111. The smallest absolute Gasteiger partial charge is 0.230 e. The van der Waals surface area contributed by atoms with Crippen LogP contribution in [-0.4, -0.2) is 31.1 Å². The highest BCUT2D eigenvalue weighted by Gasteiger charge is 2.31. The molecule has 1 unspecified atom stereocenters. The van der Waals surface area contributed by atoms with E-state index in [0.29, 0.717) is 5.02 Å². The van der Waals surface area contributed by atoms with Crippen molar-refractivity contribution in [1.82, 2.24) is 19.5 Å². The average molecular weight is 425 g/mol. The fourth-order valence-electron chi connectivity index (χ4n) is 4.06. The number of aromatic hydroxyl groups is 1. The summed E-state index contributed by atoms with van der Waals surface area (Å²) in [6, 6.07) is 16.4. The lowest BCUT2D eigenvalue weighted by molar-refractivity contribution is 0.205. The van der Waals surface area contributed by atoms with Gasteiger partial charge in [-0.3, -0.25) is 4.90 Å². The zero-order valence-electron chi connectivity index (χ0n) is 16.0. The summed E-state index contributed by atoms with van der Waals surface area (Å²) in [7, 11) is 0. The number of fused-ring (bicyclic) bond motifs is 2. The molecule has 1 atom stereocenters. The van der Waals surface area contributed by atoms with Gasteiger partial charge in [-0.2, -0.15) is 4.52 Å². The molecule has 0 bridgehead atoms. The van der Waals surface area contributed by atoms with Crippen molar-refractivity contribution in [3.63, 3.8) is 0 Å². The van der Waals surface area contributed by atoms with Crippen LogP contribution in [0.15, 0.2) is 48.5 Å². The zero-order valence-corrected chi connectivity index (χ0v) is 17.6. The van der Waals surface area contributed by atoms with Crippen molar-refractivity contribution < 1.29 is 5.11 Å². The number of hydrogen-bond acceptors (Lipinski definition) is 5. The third kappa shape index (κ3) is 3.31. The number of halogens is 1. The molecule has 4 aromatic rings. The SMILES string of the molecule is CCc1nc2sc(C(c3cccc(Cl)c3)N3CCc4ccccc4C3)c(O)n2n1. The van der Waals surface area contributed by atoms with E-state index in [1.165, 1.54) is 22.5 Å². The molecule has 5 nitrogen and oxygen atoms in total. The summed E-state index contributed by atoms with van der Waals surface area (Å²) in [6.45, 7) is 3.74.